The number of imidazole rings is 1. The molecular weight excluding hydrogens is 324 g/mol. The van der Waals surface area contributed by atoms with Crippen LogP contribution in [-0.4, -0.2) is 34.6 Å². The largest absolute Gasteiger partial charge is 0.353 e. The molecular formula is C21H30N4O. The second kappa shape index (κ2) is 7.29. The third-order valence-electron chi connectivity index (χ3n) is 5.56. The van der Waals surface area contributed by atoms with E-state index in [-0.39, 0.29) is 11.8 Å². The summed E-state index contributed by atoms with van der Waals surface area (Å²) in [6, 6.07) is 8.82. The molecule has 2 heterocycles. The lowest BCUT2D eigenvalue weighted by Gasteiger charge is -2.33. The second-order valence-electron chi connectivity index (χ2n) is 8.30. The van der Waals surface area contributed by atoms with E-state index in [9.17, 15) is 4.79 Å². The Balaban J connectivity index is 1.57. The maximum Gasteiger partial charge on any atom is 0.225 e. The van der Waals surface area contributed by atoms with Crippen molar-refractivity contribution >= 4 is 22.9 Å². The summed E-state index contributed by atoms with van der Waals surface area (Å²) in [4.78, 5) is 19.8. The number of anilines is 1. The molecule has 0 radical (unpaired) electrons. The Kier molecular flexibility index (Phi) is 4.88. The van der Waals surface area contributed by atoms with Crippen LogP contribution in [-0.2, 0) is 11.3 Å². The maximum absolute atomic E-state index is 12.5. The van der Waals surface area contributed by atoms with Crippen molar-refractivity contribution in [3.8, 4) is 0 Å². The maximum atomic E-state index is 12.5. The Labute approximate surface area is 155 Å². The van der Waals surface area contributed by atoms with Crippen molar-refractivity contribution in [2.24, 2.45) is 11.8 Å². The van der Waals surface area contributed by atoms with Gasteiger partial charge >= 0.3 is 0 Å². The van der Waals surface area contributed by atoms with Crippen LogP contribution in [0.5, 0.6) is 0 Å². The Morgan fingerprint density at radius 3 is 2.85 bits per heavy atom. The summed E-state index contributed by atoms with van der Waals surface area (Å²) in [6.07, 6.45) is 5.46. The van der Waals surface area contributed by atoms with E-state index < -0.39 is 0 Å². The molecule has 5 nitrogen and oxygen atoms in total. The van der Waals surface area contributed by atoms with E-state index in [1.807, 2.05) is 6.07 Å². The number of hydrogen-bond donors (Lipinski definition) is 1. The van der Waals surface area contributed by atoms with Gasteiger partial charge < -0.3 is 14.8 Å². The number of hydrogen-bond acceptors (Lipinski definition) is 3. The molecule has 0 bridgehead atoms. The van der Waals surface area contributed by atoms with E-state index in [1.54, 1.807) is 0 Å². The molecule has 2 aromatic rings. The molecule has 26 heavy (non-hydrogen) atoms. The second-order valence-corrected chi connectivity index (χ2v) is 8.30. The third kappa shape index (κ3) is 3.71. The fourth-order valence-corrected chi connectivity index (χ4v) is 3.83. The highest BCUT2D eigenvalue weighted by Gasteiger charge is 2.32. The monoisotopic (exact) mass is 354 g/mol. The van der Waals surface area contributed by atoms with E-state index in [4.69, 9.17) is 4.98 Å². The van der Waals surface area contributed by atoms with Gasteiger partial charge in [-0.2, -0.15) is 0 Å². The number of aryl methyl sites for hydroxylation is 1. The van der Waals surface area contributed by atoms with Gasteiger partial charge in [0, 0.05) is 25.7 Å². The number of aromatic nitrogens is 2. The van der Waals surface area contributed by atoms with Crippen LogP contribution in [0.1, 0.15) is 46.0 Å². The van der Waals surface area contributed by atoms with Crippen LogP contribution in [0.4, 0.5) is 5.95 Å². The summed E-state index contributed by atoms with van der Waals surface area (Å²) in [5, 5.41) is 3.18. The number of benzene rings is 1. The predicted molar refractivity (Wildman–Crippen MR) is 105 cm³/mol. The number of rotatable bonds is 6. The molecule has 140 valence electrons. The molecule has 5 heteroatoms. The molecule has 4 rings (SSSR count). The van der Waals surface area contributed by atoms with Gasteiger partial charge in [0.05, 0.1) is 17.0 Å². The van der Waals surface area contributed by atoms with Crippen LogP contribution >= 0.6 is 0 Å². The van der Waals surface area contributed by atoms with Crippen molar-refractivity contribution in [2.75, 3.05) is 18.0 Å². The first kappa shape index (κ1) is 17.4. The molecule has 1 aromatic heterocycles. The lowest BCUT2D eigenvalue weighted by Crippen LogP contribution is -2.44. The lowest BCUT2D eigenvalue weighted by atomic mass is 9.97. The minimum absolute atomic E-state index is 0.0858. The first-order valence-corrected chi connectivity index (χ1v) is 10.1. The van der Waals surface area contributed by atoms with Crippen LogP contribution < -0.4 is 10.2 Å². The lowest BCUT2D eigenvalue weighted by molar-refractivity contribution is -0.125. The minimum atomic E-state index is 0.0858. The number of para-hydroxylation sites is 2. The normalized spacial score (nSPS) is 20.7. The van der Waals surface area contributed by atoms with Gasteiger partial charge in [-0.05, 0) is 50.2 Å². The van der Waals surface area contributed by atoms with Crippen LogP contribution in [0, 0.1) is 11.8 Å². The van der Waals surface area contributed by atoms with Crippen molar-refractivity contribution in [1.82, 2.24) is 14.9 Å². The fraction of sp³-hybridized carbons (Fsp3) is 0.619. The molecule has 0 spiro atoms. The number of carbonyl (C=O) groups excluding carboxylic acids is 1. The van der Waals surface area contributed by atoms with E-state index in [0.29, 0.717) is 12.0 Å². The highest BCUT2D eigenvalue weighted by molar-refractivity contribution is 5.81. The average molecular weight is 354 g/mol. The fourth-order valence-electron chi connectivity index (χ4n) is 3.83. The third-order valence-corrected chi connectivity index (χ3v) is 5.56. The SMILES string of the molecule is CC(C)CCn1c(N2CCC[C@@H](C(=O)NC3CC3)C2)nc2ccccc21. The molecule has 1 atom stereocenters. The summed E-state index contributed by atoms with van der Waals surface area (Å²) in [5.74, 6) is 2.02. The summed E-state index contributed by atoms with van der Waals surface area (Å²) in [7, 11) is 0. The summed E-state index contributed by atoms with van der Waals surface area (Å²) in [6.45, 7) is 7.26. The van der Waals surface area contributed by atoms with Crippen molar-refractivity contribution in [2.45, 2.75) is 58.5 Å². The number of piperidine rings is 1. The van der Waals surface area contributed by atoms with E-state index in [1.165, 1.54) is 5.52 Å². The summed E-state index contributed by atoms with van der Waals surface area (Å²) in [5.41, 5.74) is 2.25. The van der Waals surface area contributed by atoms with E-state index in [0.717, 1.165) is 63.2 Å². The minimum Gasteiger partial charge on any atom is -0.353 e. The zero-order valence-electron chi connectivity index (χ0n) is 15.9. The molecule has 1 aliphatic carbocycles. The molecule has 1 aliphatic heterocycles. The van der Waals surface area contributed by atoms with Gasteiger partial charge in [0.15, 0.2) is 0 Å². The zero-order valence-corrected chi connectivity index (χ0v) is 15.9. The molecule has 1 amide bonds. The first-order valence-electron chi connectivity index (χ1n) is 10.1. The highest BCUT2D eigenvalue weighted by atomic mass is 16.2. The topological polar surface area (TPSA) is 50.2 Å². The van der Waals surface area contributed by atoms with Gasteiger partial charge in [-0.15, -0.1) is 0 Å². The number of carbonyl (C=O) groups is 1. The van der Waals surface area contributed by atoms with Crippen LogP contribution in [0.2, 0.25) is 0 Å². The van der Waals surface area contributed by atoms with Gasteiger partial charge in [-0.25, -0.2) is 4.98 Å². The van der Waals surface area contributed by atoms with Crippen molar-refractivity contribution < 1.29 is 4.79 Å². The van der Waals surface area contributed by atoms with Crippen molar-refractivity contribution in [3.63, 3.8) is 0 Å². The Morgan fingerprint density at radius 1 is 1.27 bits per heavy atom. The molecule has 1 aromatic carbocycles. The molecule has 1 saturated heterocycles. The van der Waals surface area contributed by atoms with Crippen LogP contribution in [0.15, 0.2) is 24.3 Å². The standard InChI is InChI=1S/C21H30N4O/c1-15(2)11-13-25-19-8-4-3-7-18(19)23-21(25)24-12-5-6-16(14-24)20(26)22-17-9-10-17/h3-4,7-8,15-17H,5-6,9-14H2,1-2H3,(H,22,26)/t16-/m1/s1. The average Bonchev–Trinajstić information content (AvgIpc) is 3.38. The summed E-state index contributed by atoms with van der Waals surface area (Å²) < 4.78 is 2.36. The van der Waals surface area contributed by atoms with E-state index in [2.05, 4.69) is 46.8 Å². The van der Waals surface area contributed by atoms with Gasteiger partial charge in [-0.3, -0.25) is 4.79 Å². The zero-order chi connectivity index (χ0) is 18.1. The number of amides is 1. The van der Waals surface area contributed by atoms with Gasteiger partial charge in [0.1, 0.15) is 0 Å². The Hall–Kier alpha value is -2.04. The van der Waals surface area contributed by atoms with Crippen LogP contribution in [0.3, 0.4) is 0 Å². The molecule has 2 fully saturated rings. The van der Waals surface area contributed by atoms with Crippen molar-refractivity contribution in [3.05, 3.63) is 24.3 Å². The van der Waals surface area contributed by atoms with Gasteiger partial charge in [0.2, 0.25) is 11.9 Å². The molecule has 0 unspecified atom stereocenters. The van der Waals surface area contributed by atoms with E-state index >= 15 is 0 Å². The highest BCUT2D eigenvalue weighted by Crippen LogP contribution is 2.28. The number of nitrogens with zero attached hydrogens (tertiary/aromatic N) is 3. The Morgan fingerprint density at radius 2 is 2.08 bits per heavy atom. The first-order chi connectivity index (χ1) is 12.6. The quantitative estimate of drug-likeness (QED) is 0.863. The smallest absolute Gasteiger partial charge is 0.225 e. The molecule has 1 saturated carbocycles. The van der Waals surface area contributed by atoms with Gasteiger partial charge in [0.25, 0.3) is 0 Å². The molecule has 1 N–H and O–H groups in total. The predicted octanol–water partition coefficient (Wildman–Crippen LogP) is 3.58. The van der Waals surface area contributed by atoms with Crippen LogP contribution in [0.25, 0.3) is 11.0 Å². The molecule has 2 aliphatic rings. The Bertz CT molecular complexity index is 777. The van der Waals surface area contributed by atoms with Gasteiger partial charge in [-0.1, -0.05) is 26.0 Å². The summed E-state index contributed by atoms with van der Waals surface area (Å²) >= 11 is 0. The number of fused-ring (bicyclic) bond motifs is 1. The number of nitrogens with one attached hydrogen (secondary N) is 1. The van der Waals surface area contributed by atoms with Crippen molar-refractivity contribution in [1.29, 1.82) is 0 Å².